The van der Waals surface area contributed by atoms with Gasteiger partial charge >= 0.3 is 6.18 Å². The Hall–Kier alpha value is -3.94. The third kappa shape index (κ3) is 4.63. The summed E-state index contributed by atoms with van der Waals surface area (Å²) in [6.07, 6.45) is -3.91. The van der Waals surface area contributed by atoms with Gasteiger partial charge in [0.25, 0.3) is 5.91 Å². The van der Waals surface area contributed by atoms with Crippen molar-refractivity contribution < 1.29 is 36.6 Å². The summed E-state index contributed by atoms with van der Waals surface area (Å²) in [7, 11) is 0. The van der Waals surface area contributed by atoms with Gasteiger partial charge in [-0.05, 0) is 30.9 Å². The third-order valence-electron chi connectivity index (χ3n) is 6.21. The molecule has 5 rings (SSSR count). The average Bonchev–Trinajstić information content (AvgIpc) is 3.60. The number of amides is 2. The van der Waals surface area contributed by atoms with Crippen LogP contribution in [0.3, 0.4) is 0 Å². The summed E-state index contributed by atoms with van der Waals surface area (Å²) in [4.78, 5) is 47.3. The second-order valence-electron chi connectivity index (χ2n) is 8.93. The standard InChI is InChI=1S/C23H18F5N5O4/c24-11-5-15(25)21(29-7-11)33-9-14(22(37)31-19(10-1-2-10)23(26,27)28)18(36)13-3-4-16(30-20(13)33)32-8-12(34)6-17(32)35/h3-5,7,9-10,12,19,34H,1-2,6,8H2,(H,31,37)/t12-,19+/m0/s1. The topological polar surface area (TPSA) is 117 Å². The van der Waals surface area contributed by atoms with Gasteiger partial charge in [-0.1, -0.05) is 0 Å². The number of aromatic nitrogens is 3. The molecule has 1 aliphatic heterocycles. The molecule has 194 valence electrons. The van der Waals surface area contributed by atoms with Gasteiger partial charge in [0.05, 0.1) is 30.7 Å². The van der Waals surface area contributed by atoms with E-state index in [0.717, 1.165) is 15.7 Å². The van der Waals surface area contributed by atoms with Crippen LogP contribution >= 0.6 is 0 Å². The predicted molar refractivity (Wildman–Crippen MR) is 118 cm³/mol. The van der Waals surface area contributed by atoms with Gasteiger partial charge in [-0.15, -0.1) is 0 Å². The van der Waals surface area contributed by atoms with Gasteiger partial charge < -0.3 is 10.4 Å². The highest BCUT2D eigenvalue weighted by atomic mass is 19.4. The van der Waals surface area contributed by atoms with Crippen LogP contribution in [0.15, 0.2) is 35.4 Å². The lowest BCUT2D eigenvalue weighted by Crippen LogP contribution is -2.48. The minimum absolute atomic E-state index is 0.00668. The fraction of sp³-hybridized carbons (Fsp3) is 0.348. The molecule has 9 nitrogen and oxygen atoms in total. The molecule has 1 saturated heterocycles. The third-order valence-corrected chi connectivity index (χ3v) is 6.21. The van der Waals surface area contributed by atoms with Crippen molar-refractivity contribution in [3.8, 4) is 5.82 Å². The van der Waals surface area contributed by atoms with Crippen molar-refractivity contribution in [2.45, 2.75) is 37.6 Å². The molecule has 4 heterocycles. The zero-order chi connectivity index (χ0) is 26.6. The number of carbonyl (C=O) groups excluding carboxylic acids is 2. The number of β-amino-alcohol motifs (C(OH)–C–C–N with tert-alkyl or cyclic N) is 1. The van der Waals surface area contributed by atoms with E-state index in [1.165, 1.54) is 12.1 Å². The number of fused-ring (bicyclic) bond motifs is 1. The Balaban J connectivity index is 1.67. The molecule has 1 saturated carbocycles. The Kier molecular flexibility index (Phi) is 5.93. The lowest BCUT2D eigenvalue weighted by molar-refractivity contribution is -0.158. The van der Waals surface area contributed by atoms with Crippen LogP contribution in [-0.4, -0.2) is 56.3 Å². The number of nitrogens with zero attached hydrogens (tertiary/aromatic N) is 4. The molecule has 2 N–H and O–H groups in total. The number of rotatable bonds is 5. The number of aliphatic hydroxyl groups excluding tert-OH is 1. The van der Waals surface area contributed by atoms with Crippen molar-refractivity contribution >= 4 is 28.7 Å². The lowest BCUT2D eigenvalue weighted by atomic mass is 10.1. The highest BCUT2D eigenvalue weighted by Crippen LogP contribution is 2.40. The first-order chi connectivity index (χ1) is 17.4. The molecule has 37 heavy (non-hydrogen) atoms. The SMILES string of the molecule is O=C(N[C@H](C1CC1)C(F)(F)F)c1cn(-c2ncc(F)cc2F)c2nc(N3C[C@@H](O)CC3=O)ccc2c1=O. The van der Waals surface area contributed by atoms with Gasteiger partial charge in [0, 0.05) is 12.3 Å². The van der Waals surface area contributed by atoms with Gasteiger partial charge in [0.2, 0.25) is 11.3 Å². The number of carbonyl (C=O) groups is 2. The van der Waals surface area contributed by atoms with E-state index in [1.54, 1.807) is 0 Å². The second-order valence-corrected chi connectivity index (χ2v) is 8.93. The minimum atomic E-state index is -4.75. The zero-order valence-electron chi connectivity index (χ0n) is 18.8. The monoisotopic (exact) mass is 523 g/mol. The van der Waals surface area contributed by atoms with Crippen molar-refractivity contribution in [3.05, 3.63) is 58.0 Å². The molecule has 1 aliphatic carbocycles. The van der Waals surface area contributed by atoms with Crippen LogP contribution in [0.2, 0.25) is 0 Å². The fourth-order valence-electron chi connectivity index (χ4n) is 4.28. The fourth-order valence-corrected chi connectivity index (χ4v) is 4.28. The van der Waals surface area contributed by atoms with Gasteiger partial charge in [-0.2, -0.15) is 13.2 Å². The van der Waals surface area contributed by atoms with Gasteiger partial charge in [0.15, 0.2) is 17.3 Å². The normalized spacial score (nSPS) is 18.9. The Morgan fingerprint density at radius 1 is 1.19 bits per heavy atom. The quantitative estimate of drug-likeness (QED) is 0.496. The minimum Gasteiger partial charge on any atom is -0.391 e. The number of alkyl halides is 3. The van der Waals surface area contributed by atoms with Crippen LogP contribution in [0.5, 0.6) is 0 Å². The Labute approximate surface area is 204 Å². The molecule has 0 unspecified atom stereocenters. The van der Waals surface area contributed by atoms with Crippen LogP contribution in [0.25, 0.3) is 16.9 Å². The van der Waals surface area contributed by atoms with Crippen LogP contribution in [0.1, 0.15) is 29.6 Å². The number of aliphatic hydroxyl groups is 1. The van der Waals surface area contributed by atoms with E-state index in [2.05, 4.69) is 9.97 Å². The number of hydrogen-bond donors (Lipinski definition) is 2. The molecule has 0 radical (unpaired) electrons. The largest absolute Gasteiger partial charge is 0.408 e. The Morgan fingerprint density at radius 2 is 1.92 bits per heavy atom. The van der Waals surface area contributed by atoms with Gasteiger partial charge in [-0.25, -0.2) is 18.7 Å². The first-order valence-corrected chi connectivity index (χ1v) is 11.2. The highest BCUT2D eigenvalue weighted by Gasteiger charge is 2.50. The summed E-state index contributed by atoms with van der Waals surface area (Å²) in [5, 5.41) is 11.4. The van der Waals surface area contributed by atoms with E-state index in [0.29, 0.717) is 12.3 Å². The van der Waals surface area contributed by atoms with Crippen LogP contribution in [-0.2, 0) is 4.79 Å². The summed E-state index contributed by atoms with van der Waals surface area (Å²) >= 11 is 0. The van der Waals surface area contributed by atoms with E-state index in [4.69, 9.17) is 0 Å². The van der Waals surface area contributed by atoms with Gasteiger partial charge in [-0.3, -0.25) is 23.9 Å². The average molecular weight is 523 g/mol. The molecular weight excluding hydrogens is 505 g/mol. The highest BCUT2D eigenvalue weighted by molar-refractivity contribution is 5.99. The van der Waals surface area contributed by atoms with Gasteiger partial charge in [0.1, 0.15) is 23.2 Å². The first kappa shape index (κ1) is 24.7. The first-order valence-electron chi connectivity index (χ1n) is 11.2. The van der Waals surface area contributed by atoms with Crippen molar-refractivity contribution in [2.75, 3.05) is 11.4 Å². The number of nitrogens with one attached hydrogen (secondary N) is 1. The predicted octanol–water partition coefficient (Wildman–Crippen LogP) is 2.23. The maximum absolute atomic E-state index is 14.7. The molecule has 2 atom stereocenters. The van der Waals surface area contributed by atoms with Crippen molar-refractivity contribution in [3.63, 3.8) is 0 Å². The van der Waals surface area contributed by atoms with Crippen molar-refractivity contribution in [1.82, 2.24) is 19.9 Å². The van der Waals surface area contributed by atoms with Crippen molar-refractivity contribution in [1.29, 1.82) is 0 Å². The molecule has 0 aromatic carbocycles. The second kappa shape index (κ2) is 8.87. The van der Waals surface area contributed by atoms with E-state index in [1.807, 2.05) is 5.32 Å². The molecule has 3 aromatic rings. The van der Waals surface area contributed by atoms with E-state index >= 15 is 0 Å². The van der Waals surface area contributed by atoms with E-state index in [-0.39, 0.29) is 42.7 Å². The lowest BCUT2D eigenvalue weighted by Gasteiger charge is -2.22. The Bertz CT molecular complexity index is 1490. The number of pyridine rings is 3. The van der Waals surface area contributed by atoms with Crippen LogP contribution in [0.4, 0.5) is 27.8 Å². The van der Waals surface area contributed by atoms with E-state index < -0.39 is 64.5 Å². The molecule has 3 aromatic heterocycles. The summed E-state index contributed by atoms with van der Waals surface area (Å²) in [5.41, 5.74) is -2.02. The molecule has 0 bridgehead atoms. The molecule has 0 spiro atoms. The summed E-state index contributed by atoms with van der Waals surface area (Å²) < 4.78 is 69.5. The van der Waals surface area contributed by atoms with Crippen LogP contribution in [0, 0.1) is 17.6 Å². The molecule has 2 amide bonds. The number of halogens is 5. The zero-order valence-corrected chi connectivity index (χ0v) is 18.8. The smallest absolute Gasteiger partial charge is 0.391 e. The number of anilines is 1. The van der Waals surface area contributed by atoms with Crippen molar-refractivity contribution in [2.24, 2.45) is 5.92 Å². The summed E-state index contributed by atoms with van der Waals surface area (Å²) in [5.74, 6) is -5.44. The van der Waals surface area contributed by atoms with E-state index in [9.17, 15) is 41.4 Å². The summed E-state index contributed by atoms with van der Waals surface area (Å²) in [6, 6.07) is 0.748. The van der Waals surface area contributed by atoms with Crippen LogP contribution < -0.4 is 15.6 Å². The molecule has 2 fully saturated rings. The molecule has 14 heteroatoms. The maximum atomic E-state index is 14.7. The maximum Gasteiger partial charge on any atom is 0.408 e. The summed E-state index contributed by atoms with van der Waals surface area (Å²) in [6.45, 7) is -0.0920. The number of hydrogen-bond acceptors (Lipinski definition) is 6. The molecule has 2 aliphatic rings. The Morgan fingerprint density at radius 3 is 2.51 bits per heavy atom. The molecular formula is C23H18F5N5O4.